The number of nitrogens with zero attached hydrogens (tertiary/aromatic N) is 1. The standard InChI is InChI=1S/C19H32N2O3/c22-18(23)13-21(12-14-8-9-14)17-10-16(11-17)20-19(24)15-6-4-2-1-3-5-7-15/h14-17H,1-13H2,(H,20,24)(H,22,23). The van der Waals surface area contributed by atoms with Crippen LogP contribution in [0.2, 0.25) is 0 Å². The number of hydrogen-bond donors (Lipinski definition) is 2. The van der Waals surface area contributed by atoms with Crippen LogP contribution < -0.4 is 5.32 Å². The monoisotopic (exact) mass is 336 g/mol. The van der Waals surface area contributed by atoms with Gasteiger partial charge in [-0.05, 0) is 44.4 Å². The Morgan fingerprint density at radius 3 is 2.17 bits per heavy atom. The molecule has 0 aromatic rings. The van der Waals surface area contributed by atoms with Crippen molar-refractivity contribution < 1.29 is 14.7 Å². The first kappa shape index (κ1) is 17.7. The maximum Gasteiger partial charge on any atom is 0.317 e. The quantitative estimate of drug-likeness (QED) is 0.750. The third-order valence-corrected chi connectivity index (χ3v) is 5.98. The predicted octanol–water partition coefficient (Wildman–Crippen LogP) is 2.79. The molecule has 0 unspecified atom stereocenters. The van der Waals surface area contributed by atoms with Crippen molar-refractivity contribution in [3.05, 3.63) is 0 Å². The number of rotatable bonds is 7. The number of amides is 1. The van der Waals surface area contributed by atoms with Gasteiger partial charge in [-0.1, -0.05) is 32.1 Å². The van der Waals surface area contributed by atoms with E-state index in [4.69, 9.17) is 5.11 Å². The molecule has 3 aliphatic rings. The lowest BCUT2D eigenvalue weighted by Crippen LogP contribution is -2.56. The average Bonchev–Trinajstić information content (AvgIpc) is 3.24. The summed E-state index contributed by atoms with van der Waals surface area (Å²) in [5, 5.41) is 12.3. The van der Waals surface area contributed by atoms with Crippen molar-refractivity contribution in [2.75, 3.05) is 13.1 Å². The first-order valence-electron chi connectivity index (χ1n) is 9.88. The molecule has 1 amide bonds. The van der Waals surface area contributed by atoms with E-state index in [1.165, 1.54) is 44.9 Å². The summed E-state index contributed by atoms with van der Waals surface area (Å²) >= 11 is 0. The Balaban J connectivity index is 1.41. The lowest BCUT2D eigenvalue weighted by Gasteiger charge is -2.43. The Labute approximate surface area is 145 Å². The third-order valence-electron chi connectivity index (χ3n) is 5.98. The molecular formula is C19H32N2O3. The van der Waals surface area contributed by atoms with Crippen molar-refractivity contribution >= 4 is 11.9 Å². The van der Waals surface area contributed by atoms with Gasteiger partial charge in [0, 0.05) is 24.5 Å². The summed E-state index contributed by atoms with van der Waals surface area (Å²) in [7, 11) is 0. The Hall–Kier alpha value is -1.10. The number of nitrogens with one attached hydrogen (secondary N) is 1. The summed E-state index contributed by atoms with van der Waals surface area (Å²) in [5.74, 6) is 0.406. The fourth-order valence-corrected chi connectivity index (χ4v) is 4.19. The minimum Gasteiger partial charge on any atom is -0.480 e. The smallest absolute Gasteiger partial charge is 0.317 e. The maximum absolute atomic E-state index is 12.5. The fraction of sp³-hybridized carbons (Fsp3) is 0.895. The second kappa shape index (κ2) is 8.32. The summed E-state index contributed by atoms with van der Waals surface area (Å²) in [4.78, 5) is 25.7. The highest BCUT2D eigenvalue weighted by Crippen LogP contribution is 2.34. The van der Waals surface area contributed by atoms with E-state index in [9.17, 15) is 9.59 Å². The lowest BCUT2D eigenvalue weighted by atomic mass is 9.84. The summed E-state index contributed by atoms with van der Waals surface area (Å²) in [6, 6.07) is 0.591. The van der Waals surface area contributed by atoms with Gasteiger partial charge in [0.15, 0.2) is 0 Å². The Bertz CT molecular complexity index is 436. The third kappa shape index (κ3) is 5.20. The number of carbonyl (C=O) groups is 2. The van der Waals surface area contributed by atoms with E-state index >= 15 is 0 Å². The molecule has 3 rings (SSSR count). The van der Waals surface area contributed by atoms with Crippen LogP contribution in [0.1, 0.15) is 70.6 Å². The summed E-state index contributed by atoms with van der Waals surface area (Å²) < 4.78 is 0. The van der Waals surface area contributed by atoms with Gasteiger partial charge in [-0.3, -0.25) is 14.5 Å². The second-order valence-corrected chi connectivity index (χ2v) is 8.14. The molecule has 3 aliphatic carbocycles. The van der Waals surface area contributed by atoms with Crippen molar-refractivity contribution in [2.24, 2.45) is 11.8 Å². The molecule has 0 radical (unpaired) electrons. The zero-order valence-electron chi connectivity index (χ0n) is 14.7. The summed E-state index contributed by atoms with van der Waals surface area (Å²) in [6.07, 6.45) is 12.6. The molecule has 0 aromatic carbocycles. The normalized spacial score (nSPS) is 28.7. The van der Waals surface area contributed by atoms with Crippen molar-refractivity contribution in [1.29, 1.82) is 0 Å². The van der Waals surface area contributed by atoms with E-state index in [0.29, 0.717) is 12.0 Å². The van der Waals surface area contributed by atoms with E-state index in [-0.39, 0.29) is 24.4 Å². The molecule has 0 atom stereocenters. The van der Waals surface area contributed by atoms with E-state index in [0.717, 1.165) is 32.2 Å². The zero-order chi connectivity index (χ0) is 16.9. The van der Waals surface area contributed by atoms with Gasteiger partial charge >= 0.3 is 5.97 Å². The SMILES string of the molecule is O=C(O)CN(CC1CC1)C1CC(NC(=O)C2CCCCCCC2)C1. The van der Waals surface area contributed by atoms with Crippen molar-refractivity contribution in [2.45, 2.75) is 82.7 Å². The van der Waals surface area contributed by atoms with Gasteiger partial charge in [0.05, 0.1) is 6.54 Å². The Morgan fingerprint density at radius 1 is 0.958 bits per heavy atom. The number of hydrogen-bond acceptors (Lipinski definition) is 3. The van der Waals surface area contributed by atoms with Gasteiger partial charge in [-0.2, -0.15) is 0 Å². The molecule has 2 N–H and O–H groups in total. The Morgan fingerprint density at radius 2 is 1.58 bits per heavy atom. The highest BCUT2D eigenvalue weighted by atomic mass is 16.4. The summed E-state index contributed by atoms with van der Waals surface area (Å²) in [5.41, 5.74) is 0. The topological polar surface area (TPSA) is 69.6 Å². The van der Waals surface area contributed by atoms with Crippen LogP contribution in [0.15, 0.2) is 0 Å². The highest BCUT2D eigenvalue weighted by molar-refractivity contribution is 5.79. The Kier molecular flexibility index (Phi) is 6.14. The van der Waals surface area contributed by atoms with Gasteiger partial charge in [-0.15, -0.1) is 0 Å². The van der Waals surface area contributed by atoms with Gasteiger partial charge in [-0.25, -0.2) is 0 Å². The minimum atomic E-state index is -0.738. The first-order chi connectivity index (χ1) is 11.6. The van der Waals surface area contributed by atoms with E-state index in [1.807, 2.05) is 0 Å². The molecule has 0 bridgehead atoms. The molecule has 0 aliphatic heterocycles. The molecule has 0 aromatic heterocycles. The molecule has 0 heterocycles. The molecule has 0 spiro atoms. The van der Waals surface area contributed by atoms with Crippen LogP contribution >= 0.6 is 0 Å². The molecule has 3 fully saturated rings. The molecule has 24 heavy (non-hydrogen) atoms. The molecule has 5 heteroatoms. The van der Waals surface area contributed by atoms with Gasteiger partial charge in [0.1, 0.15) is 0 Å². The van der Waals surface area contributed by atoms with Crippen LogP contribution in [0, 0.1) is 11.8 Å². The molecule has 0 saturated heterocycles. The van der Waals surface area contributed by atoms with E-state index < -0.39 is 5.97 Å². The lowest BCUT2D eigenvalue weighted by molar-refractivity contribution is -0.140. The van der Waals surface area contributed by atoms with Crippen LogP contribution in [-0.2, 0) is 9.59 Å². The zero-order valence-corrected chi connectivity index (χ0v) is 14.7. The van der Waals surface area contributed by atoms with Gasteiger partial charge in [0.25, 0.3) is 0 Å². The van der Waals surface area contributed by atoms with Crippen molar-refractivity contribution in [3.63, 3.8) is 0 Å². The van der Waals surface area contributed by atoms with Crippen LogP contribution in [-0.4, -0.2) is 47.1 Å². The van der Waals surface area contributed by atoms with Crippen LogP contribution in [0.5, 0.6) is 0 Å². The highest BCUT2D eigenvalue weighted by Gasteiger charge is 2.38. The molecule has 3 saturated carbocycles. The first-order valence-corrected chi connectivity index (χ1v) is 9.88. The second-order valence-electron chi connectivity index (χ2n) is 8.14. The number of aliphatic carboxylic acids is 1. The number of carbonyl (C=O) groups excluding carboxylic acids is 1. The van der Waals surface area contributed by atoms with Gasteiger partial charge < -0.3 is 10.4 Å². The van der Waals surface area contributed by atoms with E-state index in [2.05, 4.69) is 10.2 Å². The van der Waals surface area contributed by atoms with Crippen molar-refractivity contribution in [1.82, 2.24) is 10.2 Å². The average molecular weight is 336 g/mol. The number of carboxylic acid groups (broad SMARTS) is 1. The molecule has 5 nitrogen and oxygen atoms in total. The number of carboxylic acids is 1. The maximum atomic E-state index is 12.5. The molecule has 136 valence electrons. The van der Waals surface area contributed by atoms with E-state index in [1.54, 1.807) is 0 Å². The van der Waals surface area contributed by atoms with Crippen LogP contribution in [0.4, 0.5) is 0 Å². The van der Waals surface area contributed by atoms with Crippen LogP contribution in [0.3, 0.4) is 0 Å². The van der Waals surface area contributed by atoms with Crippen LogP contribution in [0.25, 0.3) is 0 Å². The fourth-order valence-electron chi connectivity index (χ4n) is 4.19. The molecular weight excluding hydrogens is 304 g/mol. The summed E-state index contributed by atoms with van der Waals surface area (Å²) in [6.45, 7) is 1.06. The predicted molar refractivity (Wildman–Crippen MR) is 92.7 cm³/mol. The van der Waals surface area contributed by atoms with Crippen molar-refractivity contribution in [3.8, 4) is 0 Å². The minimum absolute atomic E-state index is 0.143. The largest absolute Gasteiger partial charge is 0.480 e. The van der Waals surface area contributed by atoms with Gasteiger partial charge in [0.2, 0.25) is 5.91 Å².